The van der Waals surface area contributed by atoms with Crippen LogP contribution in [0.5, 0.6) is 0 Å². The second-order valence-corrected chi connectivity index (χ2v) is 17.3. The highest BCUT2D eigenvalue weighted by molar-refractivity contribution is 8.00. The predicted molar refractivity (Wildman–Crippen MR) is 232 cm³/mol. The molecule has 0 amide bonds. The van der Waals surface area contributed by atoms with Crippen molar-refractivity contribution in [2.24, 2.45) is 5.92 Å². The van der Waals surface area contributed by atoms with Crippen LogP contribution < -0.4 is 0 Å². The summed E-state index contributed by atoms with van der Waals surface area (Å²) in [4.78, 5) is 15.5. The van der Waals surface area contributed by atoms with Crippen LogP contribution in [0.4, 0.5) is 0 Å². The molecule has 0 aliphatic heterocycles. The van der Waals surface area contributed by atoms with E-state index in [1.807, 2.05) is 11.8 Å². The van der Waals surface area contributed by atoms with Crippen LogP contribution in [0.25, 0.3) is 0 Å². The van der Waals surface area contributed by atoms with Crippen molar-refractivity contribution < 1.29 is 24.1 Å². The third-order valence-electron chi connectivity index (χ3n) is 10.5. The Morgan fingerprint density at radius 3 is 1.68 bits per heavy atom. The van der Waals surface area contributed by atoms with Gasteiger partial charge < -0.3 is 24.2 Å². The number of nitrogens with zero attached hydrogens (tertiary/aromatic N) is 1. The summed E-state index contributed by atoms with van der Waals surface area (Å²) in [7, 11) is 0. The monoisotopic (exact) mass is 772 g/mol. The van der Waals surface area contributed by atoms with Gasteiger partial charge in [0.15, 0.2) is 6.29 Å². The van der Waals surface area contributed by atoms with Gasteiger partial charge in [0.25, 0.3) is 0 Å². The average molecular weight is 772 g/mol. The van der Waals surface area contributed by atoms with Gasteiger partial charge in [-0.1, -0.05) is 150 Å². The molecule has 3 atom stereocenters. The summed E-state index contributed by atoms with van der Waals surface area (Å²) in [5.74, 6) is 1.68. The number of aliphatic hydroxyl groups excluding tert-OH is 1. The molecule has 0 aliphatic carbocycles. The zero-order valence-electron chi connectivity index (χ0n) is 36.3. The lowest BCUT2D eigenvalue weighted by molar-refractivity contribution is -0.154. The van der Waals surface area contributed by atoms with Crippen LogP contribution >= 0.6 is 11.8 Å². The minimum atomic E-state index is -0.0643. The Hall–Kier alpha value is -0.340. The van der Waals surface area contributed by atoms with Crippen molar-refractivity contribution in [2.75, 3.05) is 51.8 Å². The summed E-state index contributed by atoms with van der Waals surface area (Å²) >= 11 is 1.84. The molecule has 3 unspecified atom stereocenters. The standard InChI is InChI=1S/C46H93NO5S/c1-6-10-13-15-17-18-22-31-41-53-44(33-12-8-3)46(49)51-40-30-21-19-25-35-47(37-27-28-38-48)36-26-23-24-34-45(52-42-43(5)32-9-4)50-39-29-20-16-14-11-7-2/h43-45,48H,6-42H2,1-5H3. The summed E-state index contributed by atoms with van der Waals surface area (Å²) in [5, 5.41) is 9.36. The Kier molecular flexibility index (Phi) is 42.5. The van der Waals surface area contributed by atoms with E-state index in [4.69, 9.17) is 14.2 Å². The first-order valence-corrected chi connectivity index (χ1v) is 24.4. The highest BCUT2D eigenvalue weighted by atomic mass is 32.2. The molecule has 0 fully saturated rings. The Bertz CT molecular complexity index is 728. The number of hydrogen-bond donors (Lipinski definition) is 1. The SMILES string of the molecule is CCCCCCCCCCSC(CCCC)C(=O)OCCCCCCN(CCCCO)CCCCCC(OCCCCCCCC)OCC(C)CCC. The van der Waals surface area contributed by atoms with E-state index in [9.17, 15) is 9.90 Å². The lowest BCUT2D eigenvalue weighted by Gasteiger charge is -2.23. The van der Waals surface area contributed by atoms with Crippen molar-refractivity contribution >= 4 is 17.7 Å². The summed E-state index contributed by atoms with van der Waals surface area (Å²) in [6, 6.07) is 0. The molecule has 0 saturated heterocycles. The number of ether oxygens (including phenoxy) is 3. The molecule has 0 spiro atoms. The van der Waals surface area contributed by atoms with Gasteiger partial charge in [-0.2, -0.15) is 0 Å². The van der Waals surface area contributed by atoms with E-state index in [-0.39, 0.29) is 24.1 Å². The number of aliphatic hydroxyl groups is 1. The van der Waals surface area contributed by atoms with Crippen molar-refractivity contribution in [3.05, 3.63) is 0 Å². The van der Waals surface area contributed by atoms with Crippen LogP contribution in [0.3, 0.4) is 0 Å². The van der Waals surface area contributed by atoms with Gasteiger partial charge in [0.05, 0.1) is 13.2 Å². The molecule has 0 saturated carbocycles. The van der Waals surface area contributed by atoms with Gasteiger partial charge in [0, 0.05) is 13.2 Å². The third-order valence-corrected chi connectivity index (χ3v) is 11.8. The van der Waals surface area contributed by atoms with Crippen molar-refractivity contribution in [3.8, 4) is 0 Å². The molecule has 1 N–H and O–H groups in total. The minimum absolute atomic E-state index is 0.0116. The largest absolute Gasteiger partial charge is 0.465 e. The van der Waals surface area contributed by atoms with Gasteiger partial charge >= 0.3 is 5.97 Å². The van der Waals surface area contributed by atoms with E-state index < -0.39 is 0 Å². The first kappa shape index (κ1) is 52.7. The maximum atomic E-state index is 12.9. The molecule has 7 heteroatoms. The van der Waals surface area contributed by atoms with Gasteiger partial charge in [-0.3, -0.25) is 4.79 Å². The molecule has 0 bridgehead atoms. The highest BCUT2D eigenvalue weighted by Crippen LogP contribution is 2.22. The number of carbonyl (C=O) groups is 1. The minimum Gasteiger partial charge on any atom is -0.465 e. The summed E-state index contributed by atoms with van der Waals surface area (Å²) in [5.41, 5.74) is 0. The third kappa shape index (κ3) is 37.0. The Morgan fingerprint density at radius 2 is 1.08 bits per heavy atom. The maximum absolute atomic E-state index is 12.9. The quantitative estimate of drug-likeness (QED) is 0.0376. The van der Waals surface area contributed by atoms with Gasteiger partial charge in [0.2, 0.25) is 0 Å². The van der Waals surface area contributed by atoms with Crippen LogP contribution in [0.1, 0.15) is 221 Å². The Labute approximate surface area is 335 Å². The Balaban J connectivity index is 4.38. The van der Waals surface area contributed by atoms with Gasteiger partial charge in [-0.15, -0.1) is 11.8 Å². The first-order chi connectivity index (χ1) is 26.0. The number of rotatable bonds is 44. The summed E-state index contributed by atoms with van der Waals surface area (Å²) < 4.78 is 18.3. The molecule has 6 nitrogen and oxygen atoms in total. The molecule has 0 aromatic heterocycles. The lowest BCUT2D eigenvalue weighted by Crippen LogP contribution is -2.27. The number of esters is 1. The molecule has 318 valence electrons. The zero-order chi connectivity index (χ0) is 38.9. The highest BCUT2D eigenvalue weighted by Gasteiger charge is 2.20. The van der Waals surface area contributed by atoms with Crippen molar-refractivity contribution in [3.63, 3.8) is 0 Å². The maximum Gasteiger partial charge on any atom is 0.319 e. The molecule has 0 radical (unpaired) electrons. The van der Waals surface area contributed by atoms with Gasteiger partial charge in [-0.05, 0) is 102 Å². The molecule has 0 aromatic rings. The smallest absolute Gasteiger partial charge is 0.319 e. The number of hydrogen-bond acceptors (Lipinski definition) is 7. The van der Waals surface area contributed by atoms with Crippen LogP contribution in [-0.4, -0.2) is 79.3 Å². The van der Waals surface area contributed by atoms with Crippen LogP contribution in [0.2, 0.25) is 0 Å². The van der Waals surface area contributed by atoms with E-state index in [1.165, 1.54) is 122 Å². The summed E-state index contributed by atoms with van der Waals surface area (Å²) in [6.45, 7) is 17.0. The van der Waals surface area contributed by atoms with Gasteiger partial charge in [0.1, 0.15) is 5.25 Å². The molecular weight excluding hydrogens is 679 g/mol. The second-order valence-electron chi connectivity index (χ2n) is 16.0. The van der Waals surface area contributed by atoms with E-state index in [0.29, 0.717) is 12.5 Å². The fourth-order valence-corrected chi connectivity index (χ4v) is 8.14. The molecule has 0 rings (SSSR count). The van der Waals surface area contributed by atoms with Crippen molar-refractivity contribution in [1.82, 2.24) is 4.90 Å². The molecule has 0 aromatic carbocycles. The lowest BCUT2D eigenvalue weighted by atomic mass is 10.1. The van der Waals surface area contributed by atoms with E-state index in [0.717, 1.165) is 103 Å². The normalized spacial score (nSPS) is 13.5. The number of thioether (sulfide) groups is 1. The van der Waals surface area contributed by atoms with E-state index >= 15 is 0 Å². The molecular formula is C46H93NO5S. The van der Waals surface area contributed by atoms with Crippen molar-refractivity contribution in [1.29, 1.82) is 0 Å². The molecule has 0 heterocycles. The average Bonchev–Trinajstić information content (AvgIpc) is 3.15. The summed E-state index contributed by atoms with van der Waals surface area (Å²) in [6.07, 6.45) is 34.7. The fraction of sp³-hybridized carbons (Fsp3) is 0.978. The fourth-order valence-electron chi connectivity index (χ4n) is 6.94. The first-order valence-electron chi connectivity index (χ1n) is 23.4. The molecule has 0 aliphatic rings. The van der Waals surface area contributed by atoms with Gasteiger partial charge in [-0.25, -0.2) is 0 Å². The van der Waals surface area contributed by atoms with Crippen LogP contribution in [0, 0.1) is 5.92 Å². The van der Waals surface area contributed by atoms with Crippen LogP contribution in [0.15, 0.2) is 0 Å². The zero-order valence-corrected chi connectivity index (χ0v) is 37.1. The molecule has 53 heavy (non-hydrogen) atoms. The van der Waals surface area contributed by atoms with Crippen LogP contribution in [-0.2, 0) is 19.0 Å². The van der Waals surface area contributed by atoms with E-state index in [2.05, 4.69) is 39.5 Å². The van der Waals surface area contributed by atoms with E-state index in [1.54, 1.807) is 0 Å². The predicted octanol–water partition coefficient (Wildman–Crippen LogP) is 13.3. The van der Waals surface area contributed by atoms with Crippen molar-refractivity contribution in [2.45, 2.75) is 232 Å². The number of carbonyl (C=O) groups excluding carboxylic acids is 1. The second kappa shape index (κ2) is 42.8. The Morgan fingerprint density at radius 1 is 0.547 bits per heavy atom. The topological polar surface area (TPSA) is 68.2 Å². The number of unbranched alkanes of at least 4 members (excludes halogenated alkanes) is 19.